The summed E-state index contributed by atoms with van der Waals surface area (Å²) >= 11 is 0. The van der Waals surface area contributed by atoms with Gasteiger partial charge in [-0.15, -0.1) is 0 Å². The Labute approximate surface area is 103 Å². The van der Waals surface area contributed by atoms with Gasteiger partial charge in [0.15, 0.2) is 0 Å². The first-order valence-electron chi connectivity index (χ1n) is 6.38. The van der Waals surface area contributed by atoms with Crippen LogP contribution in [-0.4, -0.2) is 34.7 Å². The lowest BCUT2D eigenvalue weighted by Gasteiger charge is -2.39. The van der Waals surface area contributed by atoms with Crippen LogP contribution in [0.15, 0.2) is 0 Å². The maximum absolute atomic E-state index is 12.1. The van der Waals surface area contributed by atoms with Crippen molar-refractivity contribution in [2.75, 3.05) is 0 Å². The molecule has 2 rings (SSSR count). The first-order chi connectivity index (χ1) is 7.90. The van der Waals surface area contributed by atoms with E-state index in [0.717, 1.165) is 25.7 Å². The van der Waals surface area contributed by atoms with Crippen LogP contribution >= 0.6 is 0 Å². The Kier molecular flexibility index (Phi) is 3.32. The summed E-state index contributed by atoms with van der Waals surface area (Å²) in [5, 5.41) is 0. The maximum atomic E-state index is 12.1. The van der Waals surface area contributed by atoms with Crippen molar-refractivity contribution in [3.63, 3.8) is 0 Å². The van der Waals surface area contributed by atoms with Gasteiger partial charge in [0.25, 0.3) is 0 Å². The summed E-state index contributed by atoms with van der Waals surface area (Å²) in [5.74, 6) is 5.49. The summed E-state index contributed by atoms with van der Waals surface area (Å²) in [6.07, 6.45) is 3.85. The van der Waals surface area contributed by atoms with Crippen LogP contribution in [0.2, 0.25) is 0 Å². The Hall–Kier alpha value is -0.810. The lowest BCUT2D eigenvalue weighted by molar-refractivity contribution is 0.00473. The first-order valence-corrected chi connectivity index (χ1v) is 6.38. The molecule has 2 heterocycles. The molecule has 2 saturated heterocycles. The predicted octanol–water partition coefficient (Wildman–Crippen LogP) is 1.38. The number of hydrogen-bond donors (Lipinski definition) is 2. The van der Waals surface area contributed by atoms with Crippen LogP contribution in [0.5, 0.6) is 0 Å². The molecule has 98 valence electrons. The molecule has 2 aliphatic rings. The molecular weight excluding hydrogens is 218 g/mol. The van der Waals surface area contributed by atoms with E-state index in [2.05, 4.69) is 5.43 Å². The number of hydrogen-bond acceptors (Lipinski definition) is 4. The summed E-state index contributed by atoms with van der Waals surface area (Å²) in [6, 6.07) is 0.931. The number of rotatable bonds is 1. The number of nitrogens with one attached hydrogen (secondary N) is 1. The predicted molar refractivity (Wildman–Crippen MR) is 65.2 cm³/mol. The van der Waals surface area contributed by atoms with E-state index in [4.69, 9.17) is 10.6 Å². The second kappa shape index (κ2) is 4.46. The summed E-state index contributed by atoms with van der Waals surface area (Å²) < 4.78 is 5.46. The topological polar surface area (TPSA) is 67.6 Å². The molecule has 2 atom stereocenters. The largest absolute Gasteiger partial charge is 0.444 e. The number of fused-ring (bicyclic) bond motifs is 2. The van der Waals surface area contributed by atoms with Gasteiger partial charge in [-0.25, -0.2) is 4.79 Å². The lowest BCUT2D eigenvalue weighted by Crippen LogP contribution is -2.53. The summed E-state index contributed by atoms with van der Waals surface area (Å²) in [4.78, 5) is 14.1. The molecule has 2 bridgehead atoms. The number of carbonyl (C=O) groups is 1. The van der Waals surface area contributed by atoms with E-state index >= 15 is 0 Å². The van der Waals surface area contributed by atoms with Crippen LogP contribution in [0.1, 0.15) is 46.5 Å². The zero-order valence-electron chi connectivity index (χ0n) is 10.9. The Bertz CT molecular complexity index is 287. The Morgan fingerprint density at radius 1 is 1.29 bits per heavy atom. The monoisotopic (exact) mass is 241 g/mol. The van der Waals surface area contributed by atoms with Gasteiger partial charge in [-0.05, 0) is 46.5 Å². The van der Waals surface area contributed by atoms with Crippen LogP contribution in [0.4, 0.5) is 4.79 Å². The van der Waals surface area contributed by atoms with Gasteiger partial charge in [-0.2, -0.15) is 0 Å². The van der Waals surface area contributed by atoms with Crippen molar-refractivity contribution in [3.05, 3.63) is 0 Å². The average Bonchev–Trinajstić information content (AvgIpc) is 2.47. The van der Waals surface area contributed by atoms with Crippen molar-refractivity contribution in [1.82, 2.24) is 10.3 Å². The number of ether oxygens (including phenoxy) is 1. The van der Waals surface area contributed by atoms with Gasteiger partial charge in [0.1, 0.15) is 5.60 Å². The molecular formula is C12H23N3O2. The minimum Gasteiger partial charge on any atom is -0.444 e. The van der Waals surface area contributed by atoms with Crippen LogP contribution in [0.3, 0.4) is 0 Å². The number of piperidine rings is 1. The van der Waals surface area contributed by atoms with Crippen molar-refractivity contribution >= 4 is 6.09 Å². The second-order valence-corrected chi connectivity index (χ2v) is 6.11. The third-order valence-electron chi connectivity index (χ3n) is 3.57. The van der Waals surface area contributed by atoms with Crippen molar-refractivity contribution in [3.8, 4) is 0 Å². The van der Waals surface area contributed by atoms with E-state index in [0.29, 0.717) is 18.1 Å². The van der Waals surface area contributed by atoms with Crippen molar-refractivity contribution in [1.29, 1.82) is 0 Å². The third kappa shape index (κ3) is 2.72. The Morgan fingerprint density at radius 2 is 1.82 bits per heavy atom. The van der Waals surface area contributed by atoms with Gasteiger partial charge in [0, 0.05) is 18.1 Å². The fourth-order valence-electron chi connectivity index (χ4n) is 2.93. The molecule has 3 N–H and O–H groups in total. The molecule has 1 amide bonds. The highest BCUT2D eigenvalue weighted by Crippen LogP contribution is 2.36. The van der Waals surface area contributed by atoms with Gasteiger partial charge in [-0.3, -0.25) is 11.3 Å². The fraction of sp³-hybridized carbons (Fsp3) is 0.917. The van der Waals surface area contributed by atoms with Gasteiger partial charge < -0.3 is 9.64 Å². The van der Waals surface area contributed by atoms with E-state index < -0.39 is 5.60 Å². The molecule has 2 aliphatic heterocycles. The molecule has 5 heteroatoms. The minimum atomic E-state index is -0.417. The normalized spacial score (nSPS) is 32.7. The quantitative estimate of drug-likeness (QED) is 0.537. The van der Waals surface area contributed by atoms with E-state index in [1.54, 1.807) is 0 Å². The molecule has 17 heavy (non-hydrogen) atoms. The fourth-order valence-corrected chi connectivity index (χ4v) is 2.93. The molecule has 0 spiro atoms. The van der Waals surface area contributed by atoms with E-state index in [9.17, 15) is 4.79 Å². The highest BCUT2D eigenvalue weighted by molar-refractivity contribution is 5.69. The number of nitrogens with two attached hydrogens (primary N) is 1. The molecule has 2 fully saturated rings. The average molecular weight is 241 g/mol. The van der Waals surface area contributed by atoms with Gasteiger partial charge >= 0.3 is 6.09 Å². The number of nitrogens with zero attached hydrogens (tertiary/aromatic N) is 1. The van der Waals surface area contributed by atoms with Gasteiger partial charge in [-0.1, -0.05) is 0 Å². The van der Waals surface area contributed by atoms with Crippen LogP contribution < -0.4 is 11.3 Å². The smallest absolute Gasteiger partial charge is 0.410 e. The van der Waals surface area contributed by atoms with Gasteiger partial charge in [0.05, 0.1) is 0 Å². The molecule has 2 unspecified atom stereocenters. The van der Waals surface area contributed by atoms with Crippen molar-refractivity contribution < 1.29 is 9.53 Å². The second-order valence-electron chi connectivity index (χ2n) is 6.11. The summed E-state index contributed by atoms with van der Waals surface area (Å²) in [6.45, 7) is 5.71. The molecule has 0 aromatic carbocycles. The van der Waals surface area contributed by atoms with Crippen molar-refractivity contribution in [2.45, 2.75) is 70.2 Å². The number of amides is 1. The molecule has 0 saturated carbocycles. The zero-order chi connectivity index (χ0) is 12.6. The van der Waals surface area contributed by atoms with Crippen LogP contribution in [-0.2, 0) is 4.74 Å². The third-order valence-corrected chi connectivity index (χ3v) is 3.57. The molecule has 5 nitrogen and oxygen atoms in total. The Morgan fingerprint density at radius 3 is 2.24 bits per heavy atom. The maximum Gasteiger partial charge on any atom is 0.410 e. The van der Waals surface area contributed by atoms with Gasteiger partial charge in [0.2, 0.25) is 0 Å². The number of carbonyl (C=O) groups excluding carboxylic acids is 1. The Balaban J connectivity index is 2.01. The highest BCUT2D eigenvalue weighted by atomic mass is 16.6. The first kappa shape index (κ1) is 12.6. The molecule has 0 aromatic rings. The van der Waals surface area contributed by atoms with E-state index in [1.165, 1.54) is 0 Å². The summed E-state index contributed by atoms with van der Waals surface area (Å²) in [5.41, 5.74) is 2.42. The van der Waals surface area contributed by atoms with Crippen LogP contribution in [0.25, 0.3) is 0 Å². The highest BCUT2D eigenvalue weighted by Gasteiger charge is 2.44. The number of hydrazine groups is 1. The molecule has 0 radical (unpaired) electrons. The molecule has 0 aliphatic carbocycles. The minimum absolute atomic E-state index is 0.166. The summed E-state index contributed by atoms with van der Waals surface area (Å²) in [7, 11) is 0. The zero-order valence-corrected chi connectivity index (χ0v) is 10.9. The SMILES string of the molecule is CC(C)(C)OC(=O)N1C2CCC1CC(NN)C2. The van der Waals surface area contributed by atoms with E-state index in [1.807, 2.05) is 25.7 Å². The van der Waals surface area contributed by atoms with Crippen molar-refractivity contribution in [2.24, 2.45) is 5.84 Å². The van der Waals surface area contributed by atoms with E-state index in [-0.39, 0.29) is 6.09 Å². The molecule has 0 aromatic heterocycles. The van der Waals surface area contributed by atoms with Crippen LogP contribution in [0, 0.1) is 0 Å². The standard InChI is InChI=1S/C12H23N3O2/c1-12(2,3)17-11(16)15-9-4-5-10(15)7-8(6-9)14-13/h8-10,14H,4-7,13H2,1-3H3. The lowest BCUT2D eigenvalue weighted by atomic mass is 9.98.